The quantitative estimate of drug-likeness (QED) is 0.876. The van der Waals surface area contributed by atoms with Crippen molar-refractivity contribution in [1.82, 2.24) is 0 Å². The van der Waals surface area contributed by atoms with Crippen LogP contribution in [0.3, 0.4) is 0 Å². The third kappa shape index (κ3) is 2.71. The van der Waals surface area contributed by atoms with Crippen molar-refractivity contribution in [3.63, 3.8) is 0 Å². The SMILES string of the molecule is Cc1ccc(Nc2c(F)cc(C#N)cc2F)c(C)c1. The fraction of sp³-hybridized carbons (Fsp3) is 0.133. The Morgan fingerprint density at radius 3 is 2.21 bits per heavy atom. The average Bonchev–Trinajstić information content (AvgIpc) is 2.35. The van der Waals surface area contributed by atoms with Crippen LogP contribution in [0.4, 0.5) is 20.2 Å². The molecular formula is C15H12F2N2. The largest absolute Gasteiger partial charge is 0.351 e. The highest BCUT2D eigenvalue weighted by Crippen LogP contribution is 2.26. The standard InChI is InChI=1S/C15H12F2N2/c1-9-3-4-14(10(2)5-9)19-15-12(16)6-11(8-18)7-13(15)17/h3-7,19H,1-2H3. The number of hydrogen-bond acceptors (Lipinski definition) is 2. The lowest BCUT2D eigenvalue weighted by Crippen LogP contribution is -2.00. The van der Waals surface area contributed by atoms with Gasteiger partial charge in [0.15, 0.2) is 11.6 Å². The van der Waals surface area contributed by atoms with Crippen LogP contribution in [0.15, 0.2) is 30.3 Å². The Kier molecular flexibility index (Phi) is 3.48. The van der Waals surface area contributed by atoms with Gasteiger partial charge in [0.1, 0.15) is 5.69 Å². The smallest absolute Gasteiger partial charge is 0.150 e. The molecule has 0 aliphatic carbocycles. The molecule has 2 rings (SSSR count). The van der Waals surface area contributed by atoms with Crippen LogP contribution >= 0.6 is 0 Å². The number of nitrogens with zero attached hydrogens (tertiary/aromatic N) is 1. The molecule has 0 atom stereocenters. The fourth-order valence-corrected chi connectivity index (χ4v) is 1.85. The lowest BCUT2D eigenvalue weighted by Gasteiger charge is -2.12. The highest BCUT2D eigenvalue weighted by molar-refractivity contribution is 5.65. The number of anilines is 2. The van der Waals surface area contributed by atoms with E-state index in [1.807, 2.05) is 26.0 Å². The van der Waals surface area contributed by atoms with Crippen LogP contribution in [-0.4, -0.2) is 0 Å². The van der Waals surface area contributed by atoms with E-state index in [1.54, 1.807) is 12.1 Å². The van der Waals surface area contributed by atoms with E-state index in [1.165, 1.54) is 0 Å². The molecule has 0 amide bonds. The molecule has 96 valence electrons. The molecule has 0 radical (unpaired) electrons. The maximum atomic E-state index is 13.7. The predicted octanol–water partition coefficient (Wildman–Crippen LogP) is 4.20. The van der Waals surface area contributed by atoms with Crippen LogP contribution in [-0.2, 0) is 0 Å². The average molecular weight is 258 g/mol. The Hall–Kier alpha value is -2.41. The molecule has 0 aliphatic heterocycles. The Bertz CT molecular complexity index is 649. The maximum absolute atomic E-state index is 13.7. The Morgan fingerprint density at radius 2 is 1.68 bits per heavy atom. The number of hydrogen-bond donors (Lipinski definition) is 1. The second kappa shape index (κ2) is 5.07. The van der Waals surface area contributed by atoms with Crippen LogP contribution in [0.25, 0.3) is 0 Å². The van der Waals surface area contributed by atoms with E-state index in [-0.39, 0.29) is 11.3 Å². The van der Waals surface area contributed by atoms with Crippen molar-refractivity contribution < 1.29 is 8.78 Å². The monoisotopic (exact) mass is 258 g/mol. The van der Waals surface area contributed by atoms with Gasteiger partial charge in [-0.25, -0.2) is 8.78 Å². The van der Waals surface area contributed by atoms with Crippen LogP contribution in [0, 0.1) is 36.8 Å². The molecule has 0 spiro atoms. The van der Waals surface area contributed by atoms with E-state index in [2.05, 4.69) is 5.32 Å². The minimum Gasteiger partial charge on any atom is -0.351 e. The van der Waals surface area contributed by atoms with E-state index < -0.39 is 11.6 Å². The van der Waals surface area contributed by atoms with Crippen LogP contribution in [0.5, 0.6) is 0 Å². The van der Waals surface area contributed by atoms with Crippen LogP contribution < -0.4 is 5.32 Å². The molecule has 2 nitrogen and oxygen atoms in total. The van der Waals surface area contributed by atoms with Gasteiger partial charge in [0.05, 0.1) is 11.6 Å². The highest BCUT2D eigenvalue weighted by Gasteiger charge is 2.12. The first-order valence-corrected chi connectivity index (χ1v) is 5.74. The van der Waals surface area contributed by atoms with E-state index in [4.69, 9.17) is 5.26 Å². The second-order valence-corrected chi connectivity index (χ2v) is 4.37. The minimum atomic E-state index is -0.781. The van der Waals surface area contributed by atoms with Crippen molar-refractivity contribution in [2.45, 2.75) is 13.8 Å². The van der Waals surface area contributed by atoms with E-state index in [0.717, 1.165) is 23.3 Å². The normalized spacial score (nSPS) is 10.1. The summed E-state index contributed by atoms with van der Waals surface area (Å²) in [4.78, 5) is 0. The van der Waals surface area contributed by atoms with Gasteiger partial charge in [-0.1, -0.05) is 17.7 Å². The first-order valence-electron chi connectivity index (χ1n) is 5.74. The molecule has 0 heterocycles. The summed E-state index contributed by atoms with van der Waals surface area (Å²) in [5.74, 6) is -1.56. The van der Waals surface area contributed by atoms with Crippen molar-refractivity contribution in [1.29, 1.82) is 5.26 Å². The van der Waals surface area contributed by atoms with Gasteiger partial charge in [-0.15, -0.1) is 0 Å². The van der Waals surface area contributed by atoms with Gasteiger partial charge in [-0.2, -0.15) is 5.26 Å². The van der Waals surface area contributed by atoms with Gasteiger partial charge < -0.3 is 5.32 Å². The van der Waals surface area contributed by atoms with Crippen molar-refractivity contribution >= 4 is 11.4 Å². The van der Waals surface area contributed by atoms with Gasteiger partial charge in [-0.3, -0.25) is 0 Å². The number of halogens is 2. The van der Waals surface area contributed by atoms with Crippen molar-refractivity contribution in [3.05, 3.63) is 58.7 Å². The zero-order chi connectivity index (χ0) is 14.0. The molecule has 1 N–H and O–H groups in total. The molecular weight excluding hydrogens is 246 g/mol. The summed E-state index contributed by atoms with van der Waals surface area (Å²) in [5.41, 5.74) is 2.31. The summed E-state index contributed by atoms with van der Waals surface area (Å²) in [7, 11) is 0. The Labute approximate surface area is 110 Å². The topological polar surface area (TPSA) is 35.8 Å². The summed E-state index contributed by atoms with van der Waals surface area (Å²) >= 11 is 0. The van der Waals surface area contributed by atoms with Gasteiger partial charge in [0, 0.05) is 5.69 Å². The zero-order valence-electron chi connectivity index (χ0n) is 10.6. The van der Waals surface area contributed by atoms with E-state index in [9.17, 15) is 8.78 Å². The molecule has 2 aromatic rings. The molecule has 0 fully saturated rings. The van der Waals surface area contributed by atoms with Crippen molar-refractivity contribution in [2.75, 3.05) is 5.32 Å². The van der Waals surface area contributed by atoms with Gasteiger partial charge in [0.2, 0.25) is 0 Å². The Morgan fingerprint density at radius 1 is 1.05 bits per heavy atom. The first-order chi connectivity index (χ1) is 9.01. The number of aryl methyl sites for hydroxylation is 2. The van der Waals surface area contributed by atoms with Gasteiger partial charge in [0.25, 0.3) is 0 Å². The molecule has 2 aromatic carbocycles. The third-order valence-corrected chi connectivity index (χ3v) is 2.81. The van der Waals surface area contributed by atoms with Crippen molar-refractivity contribution in [2.24, 2.45) is 0 Å². The second-order valence-electron chi connectivity index (χ2n) is 4.37. The molecule has 0 aromatic heterocycles. The summed E-state index contributed by atoms with van der Waals surface area (Å²) in [6.45, 7) is 3.80. The molecule has 0 saturated carbocycles. The van der Waals surface area contributed by atoms with Gasteiger partial charge in [-0.05, 0) is 37.6 Å². The summed E-state index contributed by atoms with van der Waals surface area (Å²) in [5, 5.41) is 11.4. The third-order valence-electron chi connectivity index (χ3n) is 2.81. The molecule has 0 unspecified atom stereocenters. The number of rotatable bonds is 2. The van der Waals surface area contributed by atoms with Crippen LogP contribution in [0.2, 0.25) is 0 Å². The molecule has 0 saturated heterocycles. The zero-order valence-corrected chi connectivity index (χ0v) is 10.6. The highest BCUT2D eigenvalue weighted by atomic mass is 19.1. The molecule has 0 aliphatic rings. The summed E-state index contributed by atoms with van der Waals surface area (Å²) in [6, 6.07) is 9.27. The van der Waals surface area contributed by atoms with Crippen molar-refractivity contribution in [3.8, 4) is 6.07 Å². The number of nitrogens with one attached hydrogen (secondary N) is 1. The summed E-state index contributed by atoms with van der Waals surface area (Å²) in [6.07, 6.45) is 0. The lowest BCUT2D eigenvalue weighted by molar-refractivity contribution is 0.590. The first kappa shape index (κ1) is 13.0. The Balaban J connectivity index is 2.41. The maximum Gasteiger partial charge on any atom is 0.150 e. The van der Waals surface area contributed by atoms with Gasteiger partial charge >= 0.3 is 0 Å². The molecule has 4 heteroatoms. The van der Waals surface area contributed by atoms with E-state index in [0.29, 0.717) is 5.69 Å². The lowest BCUT2D eigenvalue weighted by atomic mass is 10.1. The summed E-state index contributed by atoms with van der Waals surface area (Å²) < 4.78 is 27.5. The molecule has 0 bridgehead atoms. The minimum absolute atomic E-state index is 0.0406. The van der Waals surface area contributed by atoms with Crippen LogP contribution in [0.1, 0.15) is 16.7 Å². The molecule has 19 heavy (non-hydrogen) atoms. The fourth-order valence-electron chi connectivity index (χ4n) is 1.85. The predicted molar refractivity (Wildman–Crippen MR) is 70.3 cm³/mol. The van der Waals surface area contributed by atoms with E-state index >= 15 is 0 Å². The number of benzene rings is 2. The number of nitriles is 1.